The van der Waals surface area contributed by atoms with Crippen molar-refractivity contribution >= 4 is 21.6 Å². The first-order chi connectivity index (χ1) is 10.0. The van der Waals surface area contributed by atoms with E-state index in [1.165, 1.54) is 24.3 Å². The van der Waals surface area contributed by atoms with Crippen LogP contribution < -0.4 is 4.72 Å². The largest absolute Gasteiger partial charge is 0.240 e. The molecule has 0 aliphatic rings. The van der Waals surface area contributed by atoms with E-state index >= 15 is 0 Å². The lowest BCUT2D eigenvalue weighted by atomic mass is 10.2. The minimum absolute atomic E-state index is 0.146. The van der Waals surface area contributed by atoms with Crippen LogP contribution in [-0.4, -0.2) is 15.0 Å². The molecule has 0 aromatic heterocycles. The number of hydrogen-bond donors (Lipinski definition) is 1. The molecule has 0 saturated carbocycles. The van der Waals surface area contributed by atoms with E-state index in [-0.39, 0.29) is 11.4 Å². The van der Waals surface area contributed by atoms with Gasteiger partial charge in [-0.3, -0.25) is 0 Å². The summed E-state index contributed by atoms with van der Waals surface area (Å²) in [5.74, 6) is 0. The Morgan fingerprint density at radius 3 is 2.48 bits per heavy atom. The van der Waals surface area contributed by atoms with Crippen molar-refractivity contribution < 1.29 is 8.42 Å². The maximum absolute atomic E-state index is 12.1. The first kappa shape index (κ1) is 15.5. The summed E-state index contributed by atoms with van der Waals surface area (Å²) in [7, 11) is -3.56. The summed E-state index contributed by atoms with van der Waals surface area (Å²) in [6.07, 6.45) is 0.552. The van der Waals surface area contributed by atoms with Gasteiger partial charge in [-0.2, -0.15) is 5.26 Å². The third kappa shape index (κ3) is 4.30. The molecule has 2 rings (SSSR count). The molecule has 0 radical (unpaired) electrons. The van der Waals surface area contributed by atoms with Crippen molar-refractivity contribution in [3.8, 4) is 6.07 Å². The predicted octanol–water partition coefficient (Wildman–Crippen LogP) is 2.73. The molecule has 0 fully saturated rings. The van der Waals surface area contributed by atoms with Crippen LogP contribution in [0.25, 0.3) is 0 Å². The highest BCUT2D eigenvalue weighted by Gasteiger charge is 2.13. The number of nitrogens with one attached hydrogen (secondary N) is 1. The topological polar surface area (TPSA) is 70.0 Å². The van der Waals surface area contributed by atoms with Crippen LogP contribution in [0.2, 0.25) is 5.02 Å². The molecule has 6 heteroatoms. The quantitative estimate of drug-likeness (QED) is 0.921. The smallest absolute Gasteiger partial charge is 0.211 e. The molecule has 108 valence electrons. The second-order valence-corrected chi connectivity index (χ2v) is 6.62. The van der Waals surface area contributed by atoms with Crippen molar-refractivity contribution in [3.63, 3.8) is 0 Å². The predicted molar refractivity (Wildman–Crippen MR) is 81.5 cm³/mol. The van der Waals surface area contributed by atoms with E-state index in [1.54, 1.807) is 12.1 Å². The maximum atomic E-state index is 12.1. The molecular weight excluding hydrogens is 308 g/mol. The van der Waals surface area contributed by atoms with E-state index in [0.29, 0.717) is 17.0 Å². The molecular formula is C15H13ClN2O2S. The second kappa shape index (κ2) is 6.72. The molecule has 2 aromatic rings. The molecule has 0 heterocycles. The number of nitriles is 1. The molecule has 0 atom stereocenters. The van der Waals surface area contributed by atoms with Gasteiger partial charge >= 0.3 is 0 Å². The van der Waals surface area contributed by atoms with Crippen LogP contribution in [0, 0.1) is 11.3 Å². The van der Waals surface area contributed by atoms with Gasteiger partial charge in [0.15, 0.2) is 0 Å². The maximum Gasteiger partial charge on any atom is 0.240 e. The van der Waals surface area contributed by atoms with Gasteiger partial charge in [0.05, 0.1) is 16.5 Å². The van der Waals surface area contributed by atoms with Gasteiger partial charge in [-0.05, 0) is 48.4 Å². The van der Waals surface area contributed by atoms with Crippen LogP contribution in [0.5, 0.6) is 0 Å². The zero-order valence-electron chi connectivity index (χ0n) is 11.1. The minimum Gasteiger partial charge on any atom is -0.211 e. The summed E-state index contributed by atoms with van der Waals surface area (Å²) in [4.78, 5) is 0.146. The normalized spacial score (nSPS) is 11.0. The van der Waals surface area contributed by atoms with E-state index in [2.05, 4.69) is 4.72 Å². The average molecular weight is 321 g/mol. The highest BCUT2D eigenvalue weighted by atomic mass is 35.5. The summed E-state index contributed by atoms with van der Waals surface area (Å²) in [5.41, 5.74) is 1.39. The monoisotopic (exact) mass is 320 g/mol. The zero-order valence-corrected chi connectivity index (χ0v) is 12.7. The third-order valence-electron chi connectivity index (χ3n) is 2.89. The van der Waals surface area contributed by atoms with Crippen molar-refractivity contribution in [2.75, 3.05) is 6.54 Å². The molecule has 1 N–H and O–H groups in total. The number of hydrogen-bond acceptors (Lipinski definition) is 3. The fourth-order valence-corrected chi connectivity index (χ4v) is 3.06. The summed E-state index contributed by atoms with van der Waals surface area (Å²) in [5, 5.41) is 9.32. The molecule has 0 spiro atoms. The van der Waals surface area contributed by atoms with Crippen LogP contribution in [-0.2, 0) is 16.4 Å². The molecule has 4 nitrogen and oxygen atoms in total. The lowest BCUT2D eigenvalue weighted by molar-refractivity contribution is 0.581. The zero-order chi connectivity index (χ0) is 15.3. The molecule has 0 unspecified atom stereocenters. The Labute approximate surface area is 129 Å². The van der Waals surface area contributed by atoms with E-state index in [1.807, 2.05) is 18.2 Å². The van der Waals surface area contributed by atoms with E-state index in [0.717, 1.165) is 5.56 Å². The Kier molecular flexibility index (Phi) is 4.97. The molecule has 0 amide bonds. The summed E-state index contributed by atoms with van der Waals surface area (Å²) < 4.78 is 26.7. The van der Waals surface area contributed by atoms with Crippen molar-refractivity contribution in [2.24, 2.45) is 0 Å². The van der Waals surface area contributed by atoms with Gasteiger partial charge in [-0.1, -0.05) is 23.7 Å². The first-order valence-electron chi connectivity index (χ1n) is 6.25. The second-order valence-electron chi connectivity index (χ2n) is 4.41. The molecule has 0 aliphatic heterocycles. The fourth-order valence-electron chi connectivity index (χ4n) is 1.81. The van der Waals surface area contributed by atoms with Crippen molar-refractivity contribution in [3.05, 3.63) is 64.7 Å². The van der Waals surface area contributed by atoms with Gasteiger partial charge < -0.3 is 0 Å². The van der Waals surface area contributed by atoms with E-state index in [9.17, 15) is 8.42 Å². The van der Waals surface area contributed by atoms with Crippen LogP contribution in [0.3, 0.4) is 0 Å². The van der Waals surface area contributed by atoms with Gasteiger partial charge in [0, 0.05) is 11.6 Å². The summed E-state index contributed by atoms with van der Waals surface area (Å²) in [6, 6.07) is 15.0. The van der Waals surface area contributed by atoms with E-state index in [4.69, 9.17) is 16.9 Å². The molecule has 0 aliphatic carbocycles. The third-order valence-corrected chi connectivity index (χ3v) is 4.60. The molecule has 0 saturated heterocycles. The van der Waals surface area contributed by atoms with Crippen molar-refractivity contribution in [1.82, 2.24) is 4.72 Å². The molecule has 21 heavy (non-hydrogen) atoms. The van der Waals surface area contributed by atoms with Gasteiger partial charge in [0.25, 0.3) is 0 Å². The Morgan fingerprint density at radius 2 is 1.86 bits per heavy atom. The summed E-state index contributed by atoms with van der Waals surface area (Å²) in [6.45, 7) is 0.280. The Morgan fingerprint density at radius 1 is 1.14 bits per heavy atom. The standard InChI is InChI=1S/C15H13ClN2O2S/c16-14-3-1-2-12(10-14)8-9-18-21(19,20)15-6-4-13(11-17)5-7-15/h1-7,10,18H,8-9H2. The average Bonchev–Trinajstić information content (AvgIpc) is 2.47. The lowest BCUT2D eigenvalue weighted by Crippen LogP contribution is -2.26. The van der Waals surface area contributed by atoms with Gasteiger partial charge in [0.2, 0.25) is 10.0 Å². The van der Waals surface area contributed by atoms with Gasteiger partial charge in [-0.15, -0.1) is 0 Å². The lowest BCUT2D eigenvalue weighted by Gasteiger charge is -2.07. The Balaban J connectivity index is 1.99. The minimum atomic E-state index is -3.56. The van der Waals surface area contributed by atoms with Crippen molar-refractivity contribution in [2.45, 2.75) is 11.3 Å². The highest BCUT2D eigenvalue weighted by molar-refractivity contribution is 7.89. The van der Waals surface area contributed by atoms with Crippen LogP contribution in [0.1, 0.15) is 11.1 Å². The SMILES string of the molecule is N#Cc1ccc(S(=O)(=O)NCCc2cccc(Cl)c2)cc1. The Bertz CT molecular complexity index is 765. The Hall–Kier alpha value is -1.87. The highest BCUT2D eigenvalue weighted by Crippen LogP contribution is 2.12. The number of benzene rings is 2. The van der Waals surface area contributed by atoms with Crippen molar-refractivity contribution in [1.29, 1.82) is 5.26 Å². The van der Waals surface area contributed by atoms with Crippen LogP contribution in [0.15, 0.2) is 53.4 Å². The number of sulfonamides is 1. The van der Waals surface area contributed by atoms with Gasteiger partial charge in [0.1, 0.15) is 0 Å². The number of halogens is 1. The van der Waals surface area contributed by atoms with Crippen LogP contribution in [0.4, 0.5) is 0 Å². The summed E-state index contributed by atoms with van der Waals surface area (Å²) >= 11 is 5.87. The number of rotatable bonds is 5. The number of nitrogens with zero attached hydrogens (tertiary/aromatic N) is 1. The molecule has 0 bridgehead atoms. The van der Waals surface area contributed by atoms with Crippen LogP contribution >= 0.6 is 11.6 Å². The molecule has 2 aromatic carbocycles. The first-order valence-corrected chi connectivity index (χ1v) is 8.12. The fraction of sp³-hybridized carbons (Fsp3) is 0.133. The van der Waals surface area contributed by atoms with Gasteiger partial charge in [-0.25, -0.2) is 13.1 Å². The van der Waals surface area contributed by atoms with E-state index < -0.39 is 10.0 Å².